The molecule has 0 heterocycles. The smallest absolute Gasteiger partial charge is 0.533 e. The molecule has 2 aromatic rings. The summed E-state index contributed by atoms with van der Waals surface area (Å²) in [5.41, 5.74) is 8.37. The van der Waals surface area contributed by atoms with Gasteiger partial charge >= 0.3 is 26.2 Å². The molecule has 0 spiro atoms. The van der Waals surface area contributed by atoms with E-state index in [1.54, 1.807) is 0 Å². The average Bonchev–Trinajstić information content (AvgIpc) is 2.85. The average molecular weight is 392 g/mol. The number of hydrogen-bond acceptors (Lipinski definition) is 0. The van der Waals surface area contributed by atoms with Gasteiger partial charge in [0.15, 0.2) is 0 Å². The third-order valence-electron chi connectivity index (χ3n) is 3.02. The minimum Gasteiger partial charge on any atom is -0.533 e. The number of rotatable bonds is 0. The van der Waals surface area contributed by atoms with E-state index >= 15 is 0 Å². The Bertz CT molecular complexity index is 409. The van der Waals surface area contributed by atoms with Crippen LogP contribution in [0.3, 0.4) is 0 Å². The van der Waals surface area contributed by atoms with Crippen molar-refractivity contribution >= 4 is 16.0 Å². The van der Waals surface area contributed by atoms with E-state index in [0.29, 0.717) is 0 Å². The van der Waals surface area contributed by atoms with Crippen molar-refractivity contribution in [1.29, 1.82) is 0 Å². The van der Waals surface area contributed by atoms with Gasteiger partial charge in [0.2, 0.25) is 0 Å². The molecule has 0 amide bonds. The monoisotopic (exact) mass is 390 g/mol. The molecule has 2 heteroatoms. The Labute approximate surface area is 161 Å². The van der Waals surface area contributed by atoms with E-state index in [4.69, 9.17) is 0 Å². The first-order valence-electron chi connectivity index (χ1n) is 7.37. The molecule has 120 valence electrons. The summed E-state index contributed by atoms with van der Waals surface area (Å²) in [4.78, 5) is 0. The Kier molecular flexibility index (Phi) is 18.8. The third-order valence-corrected chi connectivity index (χ3v) is 3.02. The molecule has 0 atom stereocenters. The van der Waals surface area contributed by atoms with Crippen LogP contribution in [-0.4, -0.2) is 16.0 Å². The molecule has 0 fully saturated rings. The predicted octanol–water partition coefficient (Wildman–Crippen LogP) is 4.82. The zero-order valence-corrected chi connectivity index (χ0v) is 19.5. The van der Waals surface area contributed by atoms with E-state index in [9.17, 15) is 0 Å². The van der Waals surface area contributed by atoms with Crippen molar-refractivity contribution in [2.75, 3.05) is 0 Å². The van der Waals surface area contributed by atoms with Gasteiger partial charge in [-0.2, -0.15) is 59.4 Å². The van der Waals surface area contributed by atoms with Gasteiger partial charge < -0.3 is 12.6 Å². The Morgan fingerprint density at radius 2 is 1.00 bits per heavy atom. The van der Waals surface area contributed by atoms with Crippen molar-refractivity contribution in [3.8, 4) is 0 Å². The summed E-state index contributed by atoms with van der Waals surface area (Å²) >= 11 is 0. The van der Waals surface area contributed by atoms with Gasteiger partial charge in [0.1, 0.15) is 0 Å². The molecular weight excluding hydrogens is 360 g/mol. The summed E-state index contributed by atoms with van der Waals surface area (Å²) in [5.74, 6) is 0. The van der Waals surface area contributed by atoms with Crippen molar-refractivity contribution in [2.45, 2.75) is 55.4 Å². The normalized spacial score (nSPS) is 8.18. The van der Waals surface area contributed by atoms with Crippen LogP contribution in [0.4, 0.5) is 0 Å². The molecule has 22 heavy (non-hydrogen) atoms. The first-order chi connectivity index (χ1) is 9.81. The zero-order chi connectivity index (χ0) is 17.0. The van der Waals surface area contributed by atoms with E-state index in [1.807, 2.05) is 20.3 Å². The fourth-order valence-electron chi connectivity index (χ4n) is 1.90. The van der Waals surface area contributed by atoms with Crippen molar-refractivity contribution in [2.24, 2.45) is 0 Å². The minimum atomic E-state index is 0. The maximum Gasteiger partial charge on any atom is 4.00 e. The first kappa shape index (κ1) is 26.6. The maximum absolute atomic E-state index is 4.53. The second-order valence-corrected chi connectivity index (χ2v) is 5.37. The Morgan fingerprint density at radius 3 is 1.05 bits per heavy atom. The van der Waals surface area contributed by atoms with Crippen LogP contribution in [0.25, 0.3) is 0 Å². The molecule has 0 nitrogen and oxygen atoms in total. The van der Waals surface area contributed by atoms with Crippen LogP contribution in [0.1, 0.15) is 47.2 Å². The SMILES string of the molecule is C[CH-]C.Cc1cc(C)c(C)[cH-]1.Cc1cc(C)c(C)[cH-]1.[CH-]=[SiH2].[Zr+4]. The van der Waals surface area contributed by atoms with Gasteiger partial charge in [0.05, 0.1) is 0 Å². The van der Waals surface area contributed by atoms with Crippen molar-refractivity contribution < 1.29 is 26.2 Å². The second kappa shape index (κ2) is 15.6. The van der Waals surface area contributed by atoms with Gasteiger partial charge in [-0.1, -0.05) is 41.5 Å². The molecule has 0 aliphatic carbocycles. The molecule has 2 aromatic carbocycles. The summed E-state index contributed by atoms with van der Waals surface area (Å²) in [5, 5.41) is 0. The number of hydrogen-bond donors (Lipinski definition) is 0. The standard InChI is InChI=1S/2C8H11.C3H7.CH3Si.Zr/c2*1-6-4-7(2)8(3)5-6;1-3-2;1-2;/h2*4-5H,1-3H3;3H,1-2H3;1H,2H2;/q4*-1;+4. The minimum absolute atomic E-state index is 0. The third kappa shape index (κ3) is 12.2. The summed E-state index contributed by atoms with van der Waals surface area (Å²) in [6, 6.07) is 8.81. The van der Waals surface area contributed by atoms with Gasteiger partial charge in [-0.15, -0.1) is 0 Å². The molecule has 0 aliphatic heterocycles. The van der Waals surface area contributed by atoms with Gasteiger partial charge in [0, 0.05) is 0 Å². The van der Waals surface area contributed by atoms with Crippen LogP contribution in [-0.2, 0) is 26.2 Å². The van der Waals surface area contributed by atoms with Gasteiger partial charge in [-0.3, -0.25) is 0 Å². The fraction of sp³-hybridized carbons (Fsp3) is 0.400. The van der Waals surface area contributed by atoms with E-state index in [1.165, 1.54) is 43.2 Å². The van der Waals surface area contributed by atoms with E-state index in [0.717, 1.165) is 0 Å². The van der Waals surface area contributed by atoms with Crippen LogP contribution in [0.15, 0.2) is 24.3 Å². The molecule has 0 saturated carbocycles. The fourth-order valence-corrected chi connectivity index (χ4v) is 1.90. The summed E-state index contributed by atoms with van der Waals surface area (Å²) < 4.78 is 0. The Balaban J connectivity index is -0.000000247. The van der Waals surface area contributed by atoms with Gasteiger partial charge in [-0.25, -0.2) is 22.0 Å². The van der Waals surface area contributed by atoms with E-state index in [-0.39, 0.29) is 26.2 Å². The first-order valence-corrected chi connectivity index (χ1v) is 8.19. The molecule has 0 unspecified atom stereocenters. The largest absolute Gasteiger partial charge is 4.00 e. The van der Waals surface area contributed by atoms with Crippen molar-refractivity contribution in [3.63, 3.8) is 0 Å². The Hall–Kier alpha value is -0.330. The molecule has 0 bridgehead atoms. The van der Waals surface area contributed by atoms with E-state index < -0.39 is 0 Å². The summed E-state index contributed by atoms with van der Waals surface area (Å²) in [6.07, 6.45) is 6.53. The van der Waals surface area contributed by atoms with Gasteiger partial charge in [-0.05, 0) is 0 Å². The van der Waals surface area contributed by atoms with E-state index in [2.05, 4.69) is 72.0 Å². The topological polar surface area (TPSA) is 0 Å². The predicted molar refractivity (Wildman–Crippen MR) is 103 cm³/mol. The van der Waals surface area contributed by atoms with Crippen LogP contribution < -0.4 is 0 Å². The van der Waals surface area contributed by atoms with Crippen molar-refractivity contribution in [3.05, 3.63) is 64.1 Å². The second-order valence-electron chi connectivity index (χ2n) is 5.37. The summed E-state index contributed by atoms with van der Waals surface area (Å²) in [6.45, 7) is 16.8. The Morgan fingerprint density at radius 1 is 0.773 bits per heavy atom. The van der Waals surface area contributed by atoms with Gasteiger partial charge in [0.25, 0.3) is 0 Å². The maximum atomic E-state index is 4.53. The summed E-state index contributed by atoms with van der Waals surface area (Å²) in [7, 11) is 1.36. The molecular formula is C20H32SiZr. The van der Waals surface area contributed by atoms with Crippen LogP contribution in [0, 0.1) is 48.0 Å². The molecule has 0 aliphatic rings. The van der Waals surface area contributed by atoms with Crippen molar-refractivity contribution in [1.82, 2.24) is 0 Å². The van der Waals surface area contributed by atoms with Crippen LogP contribution in [0.2, 0.25) is 0 Å². The van der Waals surface area contributed by atoms with Crippen LogP contribution >= 0.6 is 0 Å². The van der Waals surface area contributed by atoms with Crippen LogP contribution in [0.5, 0.6) is 0 Å². The quantitative estimate of drug-likeness (QED) is 0.446. The molecule has 2 rings (SSSR count). The molecule has 0 aromatic heterocycles. The molecule has 0 N–H and O–H groups in total. The molecule has 0 radical (unpaired) electrons. The molecule has 0 saturated heterocycles. The zero-order valence-electron chi connectivity index (χ0n) is 15.7. The number of aryl methyl sites for hydroxylation is 6.